The zero-order chi connectivity index (χ0) is 13.2. The highest BCUT2D eigenvalue weighted by Gasteiger charge is 2.26. The standard InChI is InChI=1S/C13H18N4O2/c18-12(19)11-7-14-13(15-8-11)17-5-3-16(4-6-17)9-10-1-2-10/h7-8,10H,1-6,9H2,(H,18,19). The quantitative estimate of drug-likeness (QED) is 0.861. The van der Waals surface area contributed by atoms with E-state index in [4.69, 9.17) is 5.11 Å². The van der Waals surface area contributed by atoms with Crippen LogP contribution in [-0.4, -0.2) is 58.7 Å². The van der Waals surface area contributed by atoms with Crippen molar-refractivity contribution in [1.29, 1.82) is 0 Å². The number of hydrogen-bond acceptors (Lipinski definition) is 5. The number of carboxylic acid groups (broad SMARTS) is 1. The third kappa shape index (κ3) is 3.01. The number of nitrogens with zero attached hydrogens (tertiary/aromatic N) is 4. The van der Waals surface area contributed by atoms with Gasteiger partial charge in [-0.05, 0) is 18.8 Å². The minimum absolute atomic E-state index is 0.135. The van der Waals surface area contributed by atoms with Crippen LogP contribution in [0.2, 0.25) is 0 Å². The molecule has 0 bridgehead atoms. The predicted octanol–water partition coefficient (Wildman–Crippen LogP) is 0.707. The minimum Gasteiger partial charge on any atom is -0.478 e. The van der Waals surface area contributed by atoms with Gasteiger partial charge in [0.25, 0.3) is 0 Å². The normalized spacial score (nSPS) is 20.5. The van der Waals surface area contributed by atoms with Crippen molar-refractivity contribution < 1.29 is 9.90 Å². The van der Waals surface area contributed by atoms with Gasteiger partial charge in [-0.15, -0.1) is 0 Å². The largest absolute Gasteiger partial charge is 0.478 e. The van der Waals surface area contributed by atoms with Crippen molar-refractivity contribution in [3.8, 4) is 0 Å². The predicted molar refractivity (Wildman–Crippen MR) is 70.4 cm³/mol. The van der Waals surface area contributed by atoms with Gasteiger partial charge in [-0.25, -0.2) is 14.8 Å². The van der Waals surface area contributed by atoms with Crippen molar-refractivity contribution in [3.63, 3.8) is 0 Å². The number of rotatable bonds is 4. The number of piperazine rings is 1. The van der Waals surface area contributed by atoms with Crippen molar-refractivity contribution in [2.24, 2.45) is 5.92 Å². The molecule has 102 valence electrons. The van der Waals surface area contributed by atoms with E-state index < -0.39 is 5.97 Å². The fourth-order valence-electron chi connectivity index (χ4n) is 2.39. The van der Waals surface area contributed by atoms with Gasteiger partial charge in [0, 0.05) is 45.1 Å². The molecule has 3 rings (SSSR count). The molecule has 0 unspecified atom stereocenters. The summed E-state index contributed by atoms with van der Waals surface area (Å²) in [5, 5.41) is 8.81. The lowest BCUT2D eigenvalue weighted by atomic mass is 10.3. The van der Waals surface area contributed by atoms with E-state index in [9.17, 15) is 4.79 Å². The second-order valence-electron chi connectivity index (χ2n) is 5.31. The van der Waals surface area contributed by atoms with Gasteiger partial charge in [-0.2, -0.15) is 0 Å². The van der Waals surface area contributed by atoms with Crippen LogP contribution in [0.3, 0.4) is 0 Å². The van der Waals surface area contributed by atoms with E-state index in [0.29, 0.717) is 5.95 Å². The molecule has 0 aromatic carbocycles. The van der Waals surface area contributed by atoms with Gasteiger partial charge in [0.05, 0.1) is 5.56 Å². The van der Waals surface area contributed by atoms with Crippen LogP contribution in [0.5, 0.6) is 0 Å². The van der Waals surface area contributed by atoms with Gasteiger partial charge in [-0.3, -0.25) is 4.90 Å². The van der Waals surface area contributed by atoms with Gasteiger partial charge >= 0.3 is 5.97 Å². The van der Waals surface area contributed by atoms with Crippen molar-refractivity contribution in [1.82, 2.24) is 14.9 Å². The number of carbonyl (C=O) groups is 1. The summed E-state index contributed by atoms with van der Waals surface area (Å²) >= 11 is 0. The highest BCUT2D eigenvalue weighted by atomic mass is 16.4. The van der Waals surface area contributed by atoms with Crippen molar-refractivity contribution in [2.75, 3.05) is 37.6 Å². The number of aromatic nitrogens is 2. The maximum Gasteiger partial charge on any atom is 0.338 e. The molecule has 1 saturated carbocycles. The van der Waals surface area contributed by atoms with E-state index in [1.54, 1.807) is 0 Å². The van der Waals surface area contributed by atoms with Crippen LogP contribution in [0.15, 0.2) is 12.4 Å². The van der Waals surface area contributed by atoms with Crippen molar-refractivity contribution >= 4 is 11.9 Å². The molecule has 1 aromatic heterocycles. The Bertz CT molecular complexity index is 450. The van der Waals surface area contributed by atoms with Crippen LogP contribution in [-0.2, 0) is 0 Å². The molecule has 1 aromatic rings. The zero-order valence-corrected chi connectivity index (χ0v) is 10.8. The molecular formula is C13H18N4O2. The number of hydrogen-bond donors (Lipinski definition) is 1. The van der Waals surface area contributed by atoms with E-state index in [0.717, 1.165) is 32.1 Å². The Morgan fingerprint density at radius 3 is 2.37 bits per heavy atom. The van der Waals surface area contributed by atoms with Gasteiger partial charge < -0.3 is 10.0 Å². The molecule has 0 spiro atoms. The number of anilines is 1. The molecule has 19 heavy (non-hydrogen) atoms. The first-order valence-corrected chi connectivity index (χ1v) is 6.75. The summed E-state index contributed by atoms with van der Waals surface area (Å²) in [6, 6.07) is 0. The minimum atomic E-state index is -0.985. The maximum absolute atomic E-state index is 10.7. The zero-order valence-electron chi connectivity index (χ0n) is 10.8. The molecule has 1 N–H and O–H groups in total. The average Bonchev–Trinajstić information content (AvgIpc) is 3.24. The lowest BCUT2D eigenvalue weighted by molar-refractivity contribution is 0.0696. The molecule has 6 nitrogen and oxygen atoms in total. The van der Waals surface area contributed by atoms with E-state index in [1.807, 2.05) is 0 Å². The van der Waals surface area contributed by atoms with Crippen LogP contribution in [0.4, 0.5) is 5.95 Å². The van der Waals surface area contributed by atoms with Crippen LogP contribution in [0.25, 0.3) is 0 Å². The summed E-state index contributed by atoms with van der Waals surface area (Å²) in [6.07, 6.45) is 5.53. The Morgan fingerprint density at radius 1 is 1.21 bits per heavy atom. The third-order valence-electron chi connectivity index (χ3n) is 3.75. The summed E-state index contributed by atoms with van der Waals surface area (Å²) < 4.78 is 0. The molecule has 0 atom stereocenters. The molecule has 1 saturated heterocycles. The van der Waals surface area contributed by atoms with Gasteiger partial charge in [0.15, 0.2) is 0 Å². The fraction of sp³-hybridized carbons (Fsp3) is 0.615. The van der Waals surface area contributed by atoms with Crippen molar-refractivity contribution in [2.45, 2.75) is 12.8 Å². The van der Waals surface area contributed by atoms with Crippen LogP contribution < -0.4 is 4.90 Å². The number of carboxylic acids is 1. The molecule has 1 aliphatic heterocycles. The molecular weight excluding hydrogens is 244 g/mol. The topological polar surface area (TPSA) is 69.6 Å². The molecule has 6 heteroatoms. The number of aromatic carboxylic acids is 1. The van der Waals surface area contributed by atoms with Crippen molar-refractivity contribution in [3.05, 3.63) is 18.0 Å². The van der Waals surface area contributed by atoms with E-state index in [1.165, 1.54) is 31.8 Å². The molecule has 2 heterocycles. The first kappa shape index (κ1) is 12.3. The summed E-state index contributed by atoms with van der Waals surface area (Å²) in [6.45, 7) is 5.14. The Morgan fingerprint density at radius 2 is 1.84 bits per heavy atom. The van der Waals surface area contributed by atoms with Gasteiger partial charge in [0.1, 0.15) is 0 Å². The lowest BCUT2D eigenvalue weighted by Crippen LogP contribution is -2.47. The highest BCUT2D eigenvalue weighted by Crippen LogP contribution is 2.30. The van der Waals surface area contributed by atoms with Gasteiger partial charge in [-0.1, -0.05) is 0 Å². The molecule has 2 fully saturated rings. The fourth-order valence-corrected chi connectivity index (χ4v) is 2.39. The average molecular weight is 262 g/mol. The summed E-state index contributed by atoms with van der Waals surface area (Å²) in [7, 11) is 0. The maximum atomic E-state index is 10.7. The Balaban J connectivity index is 1.56. The van der Waals surface area contributed by atoms with E-state index in [-0.39, 0.29) is 5.56 Å². The second kappa shape index (κ2) is 5.13. The molecule has 2 aliphatic rings. The first-order chi connectivity index (χ1) is 9.22. The Hall–Kier alpha value is -1.69. The van der Waals surface area contributed by atoms with Gasteiger partial charge in [0.2, 0.25) is 5.95 Å². The molecule has 0 radical (unpaired) electrons. The lowest BCUT2D eigenvalue weighted by Gasteiger charge is -2.34. The van der Waals surface area contributed by atoms with Crippen LogP contribution in [0, 0.1) is 5.92 Å². The van der Waals surface area contributed by atoms with E-state index >= 15 is 0 Å². The molecule has 1 aliphatic carbocycles. The highest BCUT2D eigenvalue weighted by molar-refractivity contribution is 5.86. The SMILES string of the molecule is O=C(O)c1cnc(N2CCN(CC3CC3)CC2)nc1. The Labute approximate surface area is 112 Å². The van der Waals surface area contributed by atoms with E-state index in [2.05, 4.69) is 19.8 Å². The third-order valence-corrected chi connectivity index (χ3v) is 3.75. The summed E-state index contributed by atoms with van der Waals surface area (Å²) in [5.74, 6) is 0.578. The monoisotopic (exact) mass is 262 g/mol. The second-order valence-corrected chi connectivity index (χ2v) is 5.31. The molecule has 0 amide bonds. The smallest absolute Gasteiger partial charge is 0.338 e. The first-order valence-electron chi connectivity index (χ1n) is 6.75. The summed E-state index contributed by atoms with van der Waals surface area (Å²) in [4.78, 5) is 23.6. The Kier molecular flexibility index (Phi) is 3.33. The van der Waals surface area contributed by atoms with Crippen LogP contribution >= 0.6 is 0 Å². The summed E-state index contributed by atoms with van der Waals surface area (Å²) in [5.41, 5.74) is 0.135. The van der Waals surface area contributed by atoms with Crippen LogP contribution in [0.1, 0.15) is 23.2 Å².